The van der Waals surface area contributed by atoms with Crippen LogP contribution in [0.25, 0.3) is 33.3 Å². The summed E-state index contributed by atoms with van der Waals surface area (Å²) >= 11 is 0. The van der Waals surface area contributed by atoms with Gasteiger partial charge in [0, 0.05) is 67.8 Å². The molecule has 0 radical (unpaired) electrons. The normalized spacial score (nSPS) is 23.7. The highest BCUT2D eigenvalue weighted by atomic mass is 16.5. The van der Waals surface area contributed by atoms with Crippen molar-refractivity contribution in [1.82, 2.24) is 30.2 Å². The minimum atomic E-state index is -1.12. The van der Waals surface area contributed by atoms with Crippen molar-refractivity contribution in [3.05, 3.63) is 71.5 Å². The average molecular weight is 850 g/mol. The molecule has 1 unspecified atom stereocenters. The third-order valence-corrected chi connectivity index (χ3v) is 13.1. The molecule has 3 amide bonds. The highest BCUT2D eigenvalue weighted by molar-refractivity contribution is 5.96. The van der Waals surface area contributed by atoms with Gasteiger partial charge in [-0.05, 0) is 104 Å². The van der Waals surface area contributed by atoms with Gasteiger partial charge in [0.25, 0.3) is 5.91 Å². The molecule has 4 aromatic rings. The van der Waals surface area contributed by atoms with E-state index in [0.717, 1.165) is 44.5 Å². The first-order chi connectivity index (χ1) is 29.4. The second-order valence-electron chi connectivity index (χ2n) is 18.6. The third kappa shape index (κ3) is 8.82. The molecule has 4 heterocycles. The lowest BCUT2D eigenvalue weighted by Crippen LogP contribution is -2.62. The Morgan fingerprint density at radius 1 is 1.13 bits per heavy atom. The number of nitrogens with one attached hydrogen (secondary N) is 2. The number of rotatable bonds is 9. The Hall–Kier alpha value is -5.31. The van der Waals surface area contributed by atoms with Crippen LogP contribution in [0, 0.1) is 23.2 Å². The lowest BCUT2D eigenvalue weighted by molar-refractivity contribution is -0.155. The number of amides is 3. The first-order valence-corrected chi connectivity index (χ1v) is 22.0. The molecule has 1 aliphatic carbocycles. The maximum Gasteiger partial charge on any atom is 0.324 e. The lowest BCUT2D eigenvalue weighted by atomic mass is 9.84. The van der Waals surface area contributed by atoms with Crippen LogP contribution in [0.2, 0.25) is 0 Å². The van der Waals surface area contributed by atoms with Gasteiger partial charge in [-0.25, -0.2) is 5.43 Å². The highest BCUT2D eigenvalue weighted by Gasteiger charge is 2.52. The SMILES string of the molecule is CCn1c(-c2cccnc2[C@H](C)OC)c2c3cc(ccc31)-c1cc(O)cc(c1)C[C@H](NC(=O)C(C(C)C)N(C)C(=O)[C@H]1[C@@H](C)[C@H]1N)C(=O)N1CCC[C@H](N1)C(=O)OCC(C)(C)C2. The number of hydrazine groups is 1. The van der Waals surface area contributed by atoms with E-state index < -0.39 is 41.3 Å². The second kappa shape index (κ2) is 17.8. The third-order valence-electron chi connectivity index (χ3n) is 13.1. The Kier molecular flexibility index (Phi) is 12.9. The highest BCUT2D eigenvalue weighted by Crippen LogP contribution is 2.42. The molecule has 1 saturated heterocycles. The summed E-state index contributed by atoms with van der Waals surface area (Å²) in [5, 5.41) is 16.7. The van der Waals surface area contributed by atoms with E-state index in [1.807, 2.05) is 45.9 Å². The van der Waals surface area contributed by atoms with Crippen molar-refractivity contribution in [1.29, 1.82) is 0 Å². The second-order valence-corrected chi connectivity index (χ2v) is 18.6. The molecule has 1 saturated carbocycles. The van der Waals surface area contributed by atoms with E-state index in [9.17, 15) is 24.3 Å². The van der Waals surface area contributed by atoms with Crippen molar-refractivity contribution in [3.8, 4) is 28.1 Å². The summed E-state index contributed by atoms with van der Waals surface area (Å²) < 4.78 is 14.2. The van der Waals surface area contributed by atoms with E-state index >= 15 is 0 Å². The van der Waals surface area contributed by atoms with E-state index in [-0.39, 0.29) is 54.6 Å². The van der Waals surface area contributed by atoms with E-state index in [2.05, 4.69) is 54.3 Å². The molecule has 2 aromatic carbocycles. The number of phenols is 1. The Morgan fingerprint density at radius 3 is 2.55 bits per heavy atom. The summed E-state index contributed by atoms with van der Waals surface area (Å²) in [6.45, 7) is 15.0. The standard InChI is InChI=1S/C48H63N7O7/c1-10-54-38-16-15-30-23-34(38)35(43(54)33-13-11-17-50-41(33)28(5)61-9)24-48(6,7)25-62-47(60)36-14-12-18-55(52-36)45(58)37(21-29-19-31(30)22-32(56)20-29)51-44(57)42(26(2)3)53(8)46(59)39-27(4)40(39)49/h11,13,15-17,19-20,22-23,26-28,36-37,39-40,42,52,56H,10,12,14,18,21,24-25,49H2,1-9H3,(H,51,57)/t27-,28+,36+,37+,39+,40-,42?/m1/s1. The maximum atomic E-state index is 14.6. The predicted octanol–water partition coefficient (Wildman–Crippen LogP) is 5.53. The number of fused-ring (bicyclic) bond motifs is 6. The molecule has 0 spiro atoms. The van der Waals surface area contributed by atoms with Gasteiger partial charge in [0.15, 0.2) is 0 Å². The van der Waals surface area contributed by atoms with Crippen LogP contribution >= 0.6 is 0 Å². The number of hydrogen-bond acceptors (Lipinski definition) is 10. The number of cyclic esters (lactones) is 1. The van der Waals surface area contributed by atoms with Gasteiger partial charge in [-0.2, -0.15) is 0 Å². The minimum absolute atomic E-state index is 0.00504. The first kappa shape index (κ1) is 44.7. The maximum absolute atomic E-state index is 14.6. The van der Waals surface area contributed by atoms with Gasteiger partial charge in [0.2, 0.25) is 11.8 Å². The van der Waals surface area contributed by atoms with Gasteiger partial charge in [-0.1, -0.05) is 46.8 Å². The number of aromatic hydroxyl groups is 1. The fraction of sp³-hybridized carbons (Fsp3) is 0.521. The summed E-state index contributed by atoms with van der Waals surface area (Å²) in [7, 11) is 3.28. The van der Waals surface area contributed by atoms with Gasteiger partial charge in [0.05, 0.1) is 30.0 Å². The Bertz CT molecular complexity index is 2350. The summed E-state index contributed by atoms with van der Waals surface area (Å²) in [6, 6.07) is 12.4. The molecule has 5 N–H and O–H groups in total. The number of benzene rings is 2. The van der Waals surface area contributed by atoms with Gasteiger partial charge >= 0.3 is 5.97 Å². The van der Waals surface area contributed by atoms with E-state index in [4.69, 9.17) is 20.2 Å². The number of esters is 1. The van der Waals surface area contributed by atoms with Crippen LogP contribution in [-0.2, 0) is 48.0 Å². The monoisotopic (exact) mass is 849 g/mol. The number of ether oxygens (including phenoxy) is 2. The number of carbonyl (C=O) groups excluding carboxylic acids is 4. The zero-order valence-electron chi connectivity index (χ0n) is 37.5. The fourth-order valence-corrected chi connectivity index (χ4v) is 9.50. The van der Waals surface area contributed by atoms with Crippen molar-refractivity contribution in [2.45, 2.75) is 111 Å². The Balaban J connectivity index is 1.35. The predicted molar refractivity (Wildman–Crippen MR) is 237 cm³/mol. The number of likely N-dealkylation sites (N-methyl/N-ethyl adjacent to an activating group) is 1. The number of methoxy groups -OCH3 is 1. The molecule has 14 heteroatoms. The number of aromatic nitrogens is 2. The number of carbonyl (C=O) groups is 4. The molecule has 2 fully saturated rings. The number of phenolic OH excluding ortho intramolecular Hbond substituents is 1. The van der Waals surface area contributed by atoms with Gasteiger partial charge < -0.3 is 35.1 Å². The molecule has 7 rings (SSSR count). The lowest BCUT2D eigenvalue weighted by Gasteiger charge is -2.37. The van der Waals surface area contributed by atoms with Crippen LogP contribution in [-0.4, -0.2) is 99.7 Å². The number of nitrogens with two attached hydrogens (primary N) is 1. The molecule has 332 valence electrons. The summed E-state index contributed by atoms with van der Waals surface area (Å²) in [6.07, 6.45) is 3.06. The van der Waals surface area contributed by atoms with Crippen LogP contribution in [0.1, 0.15) is 84.2 Å². The Labute approximate surface area is 364 Å². The van der Waals surface area contributed by atoms with Gasteiger partial charge in [0.1, 0.15) is 23.9 Å². The molecule has 6 bridgehead atoms. The zero-order valence-corrected chi connectivity index (χ0v) is 37.5. The quantitative estimate of drug-likeness (QED) is 0.157. The number of nitrogens with zero attached hydrogens (tertiary/aromatic N) is 4. The van der Waals surface area contributed by atoms with Gasteiger partial charge in [-0.3, -0.25) is 29.2 Å². The molecule has 2 aromatic heterocycles. The van der Waals surface area contributed by atoms with E-state index in [1.165, 1.54) is 9.91 Å². The largest absolute Gasteiger partial charge is 0.508 e. The van der Waals surface area contributed by atoms with E-state index in [1.54, 1.807) is 32.5 Å². The van der Waals surface area contributed by atoms with Crippen molar-refractivity contribution >= 4 is 34.6 Å². The van der Waals surface area contributed by atoms with Crippen LogP contribution in [0.4, 0.5) is 0 Å². The van der Waals surface area contributed by atoms with Crippen LogP contribution < -0.4 is 16.5 Å². The van der Waals surface area contributed by atoms with Gasteiger partial charge in [-0.15, -0.1) is 0 Å². The smallest absolute Gasteiger partial charge is 0.324 e. The molecular formula is C48H63N7O7. The van der Waals surface area contributed by atoms with Crippen LogP contribution in [0.5, 0.6) is 5.75 Å². The van der Waals surface area contributed by atoms with Crippen LogP contribution in [0.3, 0.4) is 0 Å². The summed E-state index contributed by atoms with van der Waals surface area (Å²) in [4.78, 5) is 62.5. The molecule has 14 nitrogen and oxygen atoms in total. The topological polar surface area (TPSA) is 181 Å². The molecule has 3 aliphatic rings. The van der Waals surface area contributed by atoms with Crippen molar-refractivity contribution in [2.75, 3.05) is 27.3 Å². The first-order valence-electron chi connectivity index (χ1n) is 22.0. The molecule has 2 aliphatic heterocycles. The molecule has 7 atom stereocenters. The van der Waals surface area contributed by atoms with Crippen LogP contribution in [0.15, 0.2) is 54.7 Å². The zero-order chi connectivity index (χ0) is 44.8. The van der Waals surface area contributed by atoms with Crippen molar-refractivity contribution in [2.24, 2.45) is 28.9 Å². The fourth-order valence-electron chi connectivity index (χ4n) is 9.50. The average Bonchev–Trinajstić information content (AvgIpc) is 3.73. The number of hydrogen-bond donors (Lipinski definition) is 4. The van der Waals surface area contributed by atoms with E-state index in [0.29, 0.717) is 37.9 Å². The molecule has 62 heavy (non-hydrogen) atoms. The Morgan fingerprint density at radius 2 is 1.87 bits per heavy atom. The summed E-state index contributed by atoms with van der Waals surface area (Å²) in [5.41, 5.74) is 15.8. The van der Waals surface area contributed by atoms with Crippen molar-refractivity contribution < 1.29 is 33.8 Å². The van der Waals surface area contributed by atoms with Crippen molar-refractivity contribution in [3.63, 3.8) is 0 Å². The minimum Gasteiger partial charge on any atom is -0.508 e. The number of pyridine rings is 1. The summed E-state index contributed by atoms with van der Waals surface area (Å²) in [5.74, 6) is -2.25. The number of aryl methyl sites for hydroxylation is 1. The molecular weight excluding hydrogens is 787 g/mol.